The molecule has 1 fully saturated rings. The van der Waals surface area contributed by atoms with E-state index in [-0.39, 0.29) is 6.42 Å². The molecule has 1 aliphatic heterocycles. The second kappa shape index (κ2) is 3.01. The maximum atomic E-state index is 13.3. The van der Waals surface area contributed by atoms with Crippen LogP contribution in [0.1, 0.15) is 13.3 Å². The maximum Gasteiger partial charge on any atom is 0.272 e. The molecular weight excluding hydrogens is 155 g/mol. The van der Waals surface area contributed by atoms with Gasteiger partial charge in [-0.05, 0) is 13.0 Å². The zero-order valence-electron chi connectivity index (χ0n) is 6.41. The molecule has 1 nitrogen and oxygen atoms in total. The summed E-state index contributed by atoms with van der Waals surface area (Å²) < 4.78 is 37.6. The molecule has 0 radical (unpaired) electrons. The fraction of sp³-hybridized carbons (Fsp3) is 1.00. The molecule has 4 heteroatoms. The normalized spacial score (nSPS) is 39.5. The van der Waals surface area contributed by atoms with Crippen LogP contribution in [-0.2, 0) is 0 Å². The summed E-state index contributed by atoms with van der Waals surface area (Å²) in [6.07, 6.45) is -2.93. The first-order valence-electron chi connectivity index (χ1n) is 3.75. The summed E-state index contributed by atoms with van der Waals surface area (Å²) in [6, 6.07) is 0. The third kappa shape index (κ3) is 1.50. The van der Waals surface area contributed by atoms with E-state index in [0.29, 0.717) is 13.1 Å². The van der Waals surface area contributed by atoms with Gasteiger partial charge in [0.1, 0.15) is 0 Å². The van der Waals surface area contributed by atoms with Crippen LogP contribution in [0.5, 0.6) is 0 Å². The van der Waals surface area contributed by atoms with Crippen LogP contribution in [-0.4, -0.2) is 25.2 Å². The van der Waals surface area contributed by atoms with Gasteiger partial charge >= 0.3 is 0 Å². The van der Waals surface area contributed by atoms with Crippen LogP contribution < -0.4 is 5.32 Å². The molecule has 1 saturated heterocycles. The van der Waals surface area contributed by atoms with E-state index >= 15 is 0 Å². The highest BCUT2D eigenvalue weighted by atomic mass is 19.3. The average Bonchev–Trinajstić information content (AvgIpc) is 1.95. The van der Waals surface area contributed by atoms with Crippen molar-refractivity contribution >= 4 is 0 Å². The quantitative estimate of drug-likeness (QED) is 0.625. The van der Waals surface area contributed by atoms with E-state index < -0.39 is 18.0 Å². The maximum absolute atomic E-state index is 13.3. The predicted molar refractivity (Wildman–Crippen MR) is 36.5 cm³/mol. The number of halogens is 3. The van der Waals surface area contributed by atoms with E-state index in [0.717, 1.165) is 0 Å². The standard InChI is InChI=1S/C7H12F3N/c1-5-4-11-3-2-7(5,10)6(8)9/h5-6,11H,2-4H2,1H3. The number of hydrogen-bond donors (Lipinski definition) is 1. The Kier molecular flexibility index (Phi) is 2.42. The summed E-state index contributed by atoms with van der Waals surface area (Å²) in [6.45, 7) is 2.21. The lowest BCUT2D eigenvalue weighted by Gasteiger charge is -2.35. The van der Waals surface area contributed by atoms with Gasteiger partial charge < -0.3 is 5.32 Å². The second-order valence-electron chi connectivity index (χ2n) is 3.08. The largest absolute Gasteiger partial charge is 0.316 e. The average molecular weight is 167 g/mol. The Labute approximate surface area is 64.0 Å². The minimum absolute atomic E-state index is 0.0775. The van der Waals surface area contributed by atoms with E-state index in [4.69, 9.17) is 0 Å². The SMILES string of the molecule is CC1CNCCC1(F)C(F)F. The number of piperidine rings is 1. The summed E-state index contributed by atoms with van der Waals surface area (Å²) in [7, 11) is 0. The monoisotopic (exact) mass is 167 g/mol. The lowest BCUT2D eigenvalue weighted by molar-refractivity contribution is -0.0834. The minimum atomic E-state index is -2.85. The van der Waals surface area contributed by atoms with E-state index in [1.807, 2.05) is 0 Å². The predicted octanol–water partition coefficient (Wildman–Crippen LogP) is 1.59. The van der Waals surface area contributed by atoms with E-state index in [1.54, 1.807) is 0 Å². The van der Waals surface area contributed by atoms with Gasteiger partial charge in [0, 0.05) is 12.5 Å². The van der Waals surface area contributed by atoms with Gasteiger partial charge in [0.2, 0.25) is 0 Å². The van der Waals surface area contributed by atoms with Crippen molar-refractivity contribution in [1.82, 2.24) is 5.32 Å². The van der Waals surface area contributed by atoms with E-state index in [1.165, 1.54) is 6.92 Å². The van der Waals surface area contributed by atoms with Crippen LogP contribution in [0.15, 0.2) is 0 Å². The van der Waals surface area contributed by atoms with Gasteiger partial charge in [0.25, 0.3) is 6.43 Å². The Morgan fingerprint density at radius 2 is 2.18 bits per heavy atom. The molecule has 0 saturated carbocycles. The molecule has 11 heavy (non-hydrogen) atoms. The molecule has 0 amide bonds. The molecule has 0 aromatic carbocycles. The topological polar surface area (TPSA) is 12.0 Å². The lowest BCUT2D eigenvalue weighted by atomic mass is 9.85. The Morgan fingerprint density at radius 1 is 1.55 bits per heavy atom. The molecule has 66 valence electrons. The van der Waals surface area contributed by atoms with Crippen LogP contribution in [0.4, 0.5) is 13.2 Å². The molecule has 2 atom stereocenters. The van der Waals surface area contributed by atoms with Gasteiger partial charge in [-0.15, -0.1) is 0 Å². The van der Waals surface area contributed by atoms with Gasteiger partial charge in [-0.3, -0.25) is 0 Å². The van der Waals surface area contributed by atoms with Crippen molar-refractivity contribution in [2.24, 2.45) is 5.92 Å². The van der Waals surface area contributed by atoms with Crippen molar-refractivity contribution in [1.29, 1.82) is 0 Å². The zero-order valence-corrected chi connectivity index (χ0v) is 6.41. The molecule has 0 aromatic heterocycles. The summed E-state index contributed by atoms with van der Waals surface area (Å²) in [5.41, 5.74) is -2.26. The van der Waals surface area contributed by atoms with E-state index in [9.17, 15) is 13.2 Å². The van der Waals surface area contributed by atoms with Gasteiger partial charge in [-0.2, -0.15) is 0 Å². The smallest absolute Gasteiger partial charge is 0.272 e. The number of hydrogen-bond acceptors (Lipinski definition) is 1. The first-order valence-corrected chi connectivity index (χ1v) is 3.75. The lowest BCUT2D eigenvalue weighted by Crippen LogP contribution is -2.50. The Balaban J connectivity index is 2.64. The Bertz CT molecular complexity index is 140. The molecule has 1 aliphatic rings. The molecule has 2 unspecified atom stereocenters. The zero-order chi connectivity index (χ0) is 8.48. The summed E-state index contributed by atoms with van der Waals surface area (Å²) in [5.74, 6) is -0.587. The molecule has 0 bridgehead atoms. The molecule has 0 aliphatic carbocycles. The molecule has 1 rings (SSSR count). The van der Waals surface area contributed by atoms with Gasteiger partial charge in [-0.25, -0.2) is 13.2 Å². The van der Waals surface area contributed by atoms with Gasteiger partial charge in [0.15, 0.2) is 5.67 Å². The molecule has 0 spiro atoms. The fourth-order valence-corrected chi connectivity index (χ4v) is 1.34. The number of rotatable bonds is 1. The third-order valence-electron chi connectivity index (χ3n) is 2.32. The van der Waals surface area contributed by atoms with E-state index in [2.05, 4.69) is 5.32 Å². The highest BCUT2D eigenvalue weighted by Crippen LogP contribution is 2.34. The number of alkyl halides is 3. The first kappa shape index (κ1) is 8.84. The van der Waals surface area contributed by atoms with Crippen molar-refractivity contribution in [2.75, 3.05) is 13.1 Å². The van der Waals surface area contributed by atoms with Crippen molar-refractivity contribution in [3.8, 4) is 0 Å². The third-order valence-corrected chi connectivity index (χ3v) is 2.32. The Hall–Kier alpha value is -0.250. The van der Waals surface area contributed by atoms with Crippen LogP contribution in [0.25, 0.3) is 0 Å². The molecular formula is C7H12F3N. The van der Waals surface area contributed by atoms with Gasteiger partial charge in [0.05, 0.1) is 0 Å². The Morgan fingerprint density at radius 3 is 2.55 bits per heavy atom. The van der Waals surface area contributed by atoms with Crippen molar-refractivity contribution in [3.63, 3.8) is 0 Å². The highest BCUT2D eigenvalue weighted by Gasteiger charge is 2.46. The minimum Gasteiger partial charge on any atom is -0.316 e. The van der Waals surface area contributed by atoms with Gasteiger partial charge in [-0.1, -0.05) is 6.92 Å². The van der Waals surface area contributed by atoms with Crippen molar-refractivity contribution in [2.45, 2.75) is 25.4 Å². The van der Waals surface area contributed by atoms with Crippen molar-refractivity contribution in [3.05, 3.63) is 0 Å². The molecule has 1 heterocycles. The molecule has 1 N–H and O–H groups in total. The summed E-state index contributed by atoms with van der Waals surface area (Å²) in [4.78, 5) is 0. The fourth-order valence-electron chi connectivity index (χ4n) is 1.34. The highest BCUT2D eigenvalue weighted by molar-refractivity contribution is 4.92. The van der Waals surface area contributed by atoms with Crippen LogP contribution in [0, 0.1) is 5.92 Å². The summed E-state index contributed by atoms with van der Waals surface area (Å²) in [5, 5.41) is 2.87. The second-order valence-corrected chi connectivity index (χ2v) is 3.08. The van der Waals surface area contributed by atoms with Crippen LogP contribution >= 0.6 is 0 Å². The number of nitrogens with one attached hydrogen (secondary N) is 1. The first-order chi connectivity index (χ1) is 5.07. The van der Waals surface area contributed by atoms with Crippen LogP contribution in [0.2, 0.25) is 0 Å². The van der Waals surface area contributed by atoms with Crippen molar-refractivity contribution < 1.29 is 13.2 Å². The summed E-state index contributed by atoms with van der Waals surface area (Å²) >= 11 is 0. The van der Waals surface area contributed by atoms with Crippen LogP contribution in [0.3, 0.4) is 0 Å². The molecule has 0 aromatic rings.